The summed E-state index contributed by atoms with van der Waals surface area (Å²) in [5, 5.41) is 9.97. The smallest absolute Gasteiger partial charge is 0.240 e. The zero-order chi connectivity index (χ0) is 15.2. The van der Waals surface area contributed by atoms with Gasteiger partial charge >= 0.3 is 0 Å². The van der Waals surface area contributed by atoms with Crippen molar-refractivity contribution in [3.8, 4) is 0 Å². The molecule has 0 fully saturated rings. The van der Waals surface area contributed by atoms with Crippen LogP contribution < -0.4 is 4.72 Å². The van der Waals surface area contributed by atoms with Gasteiger partial charge in [-0.3, -0.25) is 0 Å². The van der Waals surface area contributed by atoms with Crippen molar-refractivity contribution in [3.63, 3.8) is 0 Å². The number of nitrogens with one attached hydrogen (secondary N) is 1. The molecule has 114 valence electrons. The van der Waals surface area contributed by atoms with Crippen molar-refractivity contribution >= 4 is 10.0 Å². The van der Waals surface area contributed by atoms with Gasteiger partial charge in [-0.05, 0) is 30.0 Å². The Labute approximate surface area is 122 Å². The van der Waals surface area contributed by atoms with E-state index in [-0.39, 0.29) is 17.4 Å². The average molecular weight is 299 g/mol. The van der Waals surface area contributed by atoms with Gasteiger partial charge in [0.15, 0.2) is 0 Å². The molecule has 0 radical (unpaired) electrons. The second-order valence-corrected chi connectivity index (χ2v) is 6.76. The normalized spacial score (nSPS) is 13.7. The largest absolute Gasteiger partial charge is 0.391 e. The highest BCUT2D eigenvalue weighted by molar-refractivity contribution is 7.89. The predicted molar refractivity (Wildman–Crippen MR) is 81.1 cm³/mol. The van der Waals surface area contributed by atoms with E-state index in [2.05, 4.69) is 4.72 Å². The molecule has 0 amide bonds. The van der Waals surface area contributed by atoms with Gasteiger partial charge in [0.2, 0.25) is 10.0 Å². The van der Waals surface area contributed by atoms with Gasteiger partial charge in [-0.15, -0.1) is 0 Å². The molecule has 0 spiro atoms. The van der Waals surface area contributed by atoms with Crippen molar-refractivity contribution in [2.24, 2.45) is 5.92 Å². The molecular weight excluding hydrogens is 274 g/mol. The number of sulfonamides is 1. The number of hydrogen-bond acceptors (Lipinski definition) is 3. The highest BCUT2D eigenvalue weighted by atomic mass is 32.2. The van der Waals surface area contributed by atoms with E-state index in [1.165, 1.54) is 0 Å². The molecule has 1 unspecified atom stereocenters. The summed E-state index contributed by atoms with van der Waals surface area (Å²) in [6.45, 7) is 6.07. The number of hydrogen-bond donors (Lipinski definition) is 2. The lowest BCUT2D eigenvalue weighted by Gasteiger charge is -2.20. The van der Waals surface area contributed by atoms with Gasteiger partial charge in [-0.2, -0.15) is 0 Å². The number of aliphatic hydroxyl groups excluding tert-OH is 1. The van der Waals surface area contributed by atoms with Gasteiger partial charge in [0.1, 0.15) is 0 Å². The minimum Gasteiger partial charge on any atom is -0.391 e. The quantitative estimate of drug-likeness (QED) is 0.774. The standard InChI is InChI=1S/C15H25NO3S/c1-4-12-7-9-14(10-8-12)20(18,19)16-11-15(17)13(5-2)6-3/h7-10,13,15-17H,4-6,11H2,1-3H3. The summed E-state index contributed by atoms with van der Waals surface area (Å²) in [6.07, 6.45) is 1.91. The maximum Gasteiger partial charge on any atom is 0.240 e. The third kappa shape index (κ3) is 4.58. The molecule has 0 aromatic heterocycles. The molecule has 1 atom stereocenters. The zero-order valence-electron chi connectivity index (χ0n) is 12.5. The second-order valence-electron chi connectivity index (χ2n) is 4.99. The Morgan fingerprint density at radius 1 is 1.10 bits per heavy atom. The lowest BCUT2D eigenvalue weighted by Crippen LogP contribution is -2.36. The molecule has 2 N–H and O–H groups in total. The molecule has 20 heavy (non-hydrogen) atoms. The molecular formula is C15H25NO3S. The topological polar surface area (TPSA) is 66.4 Å². The Hall–Kier alpha value is -0.910. The Morgan fingerprint density at radius 2 is 1.65 bits per heavy atom. The van der Waals surface area contributed by atoms with Crippen LogP contribution in [-0.4, -0.2) is 26.2 Å². The molecule has 0 saturated heterocycles. The maximum atomic E-state index is 12.1. The van der Waals surface area contributed by atoms with E-state index in [0.717, 1.165) is 24.8 Å². The van der Waals surface area contributed by atoms with Crippen LogP contribution in [0.25, 0.3) is 0 Å². The molecule has 5 heteroatoms. The predicted octanol–water partition coefficient (Wildman–Crippen LogP) is 2.32. The van der Waals surface area contributed by atoms with E-state index in [4.69, 9.17) is 0 Å². The summed E-state index contributed by atoms with van der Waals surface area (Å²) >= 11 is 0. The third-order valence-corrected chi connectivity index (χ3v) is 5.16. The third-order valence-electron chi connectivity index (χ3n) is 3.72. The second kappa shape index (κ2) is 7.76. The fourth-order valence-electron chi connectivity index (χ4n) is 2.18. The van der Waals surface area contributed by atoms with Gasteiger partial charge in [-0.1, -0.05) is 45.7 Å². The van der Waals surface area contributed by atoms with Crippen LogP contribution in [0.1, 0.15) is 39.2 Å². The van der Waals surface area contributed by atoms with Gasteiger partial charge < -0.3 is 5.11 Å². The maximum absolute atomic E-state index is 12.1. The van der Waals surface area contributed by atoms with Crippen LogP contribution in [0.5, 0.6) is 0 Å². The summed E-state index contributed by atoms with van der Waals surface area (Å²) in [7, 11) is -3.54. The minimum absolute atomic E-state index is 0.0597. The molecule has 0 bridgehead atoms. The Balaban J connectivity index is 2.69. The van der Waals surface area contributed by atoms with Crippen LogP contribution in [0.2, 0.25) is 0 Å². The van der Waals surface area contributed by atoms with Gasteiger partial charge in [0, 0.05) is 6.54 Å². The first-order valence-corrected chi connectivity index (χ1v) is 8.69. The lowest BCUT2D eigenvalue weighted by molar-refractivity contribution is 0.107. The summed E-state index contributed by atoms with van der Waals surface area (Å²) in [5.41, 5.74) is 1.10. The lowest BCUT2D eigenvalue weighted by atomic mass is 9.97. The Kier molecular flexibility index (Phi) is 6.65. The summed E-state index contributed by atoms with van der Waals surface area (Å²) < 4.78 is 26.7. The highest BCUT2D eigenvalue weighted by Gasteiger charge is 2.19. The van der Waals surface area contributed by atoms with E-state index < -0.39 is 16.1 Å². The first kappa shape index (κ1) is 17.1. The average Bonchev–Trinajstić information content (AvgIpc) is 2.46. The van der Waals surface area contributed by atoms with Gasteiger partial charge in [0.25, 0.3) is 0 Å². The fraction of sp³-hybridized carbons (Fsp3) is 0.600. The number of benzene rings is 1. The van der Waals surface area contributed by atoms with Crippen molar-refractivity contribution in [3.05, 3.63) is 29.8 Å². The van der Waals surface area contributed by atoms with E-state index >= 15 is 0 Å². The monoisotopic (exact) mass is 299 g/mol. The van der Waals surface area contributed by atoms with Crippen LogP contribution in [0, 0.1) is 5.92 Å². The number of rotatable bonds is 8. The van der Waals surface area contributed by atoms with Crippen molar-refractivity contribution in [1.82, 2.24) is 4.72 Å². The van der Waals surface area contributed by atoms with Crippen LogP contribution in [0.15, 0.2) is 29.2 Å². The van der Waals surface area contributed by atoms with Crippen LogP contribution in [-0.2, 0) is 16.4 Å². The van der Waals surface area contributed by atoms with Crippen LogP contribution >= 0.6 is 0 Å². The van der Waals surface area contributed by atoms with Gasteiger partial charge in [-0.25, -0.2) is 13.1 Å². The van der Waals surface area contributed by atoms with Crippen molar-refractivity contribution < 1.29 is 13.5 Å². The van der Waals surface area contributed by atoms with Gasteiger partial charge in [0.05, 0.1) is 11.0 Å². The minimum atomic E-state index is -3.54. The molecule has 0 heterocycles. The molecule has 0 aliphatic carbocycles. The molecule has 1 rings (SSSR count). The van der Waals surface area contributed by atoms with E-state index in [0.29, 0.717) is 0 Å². The number of aryl methyl sites for hydroxylation is 1. The van der Waals surface area contributed by atoms with Crippen LogP contribution in [0.3, 0.4) is 0 Å². The van der Waals surface area contributed by atoms with Crippen molar-refractivity contribution in [1.29, 1.82) is 0 Å². The first-order chi connectivity index (χ1) is 9.44. The highest BCUT2D eigenvalue weighted by Crippen LogP contribution is 2.14. The van der Waals surface area contributed by atoms with E-state index in [1.807, 2.05) is 32.9 Å². The Morgan fingerprint density at radius 3 is 2.10 bits per heavy atom. The fourth-order valence-corrected chi connectivity index (χ4v) is 3.23. The summed E-state index contributed by atoms with van der Waals surface area (Å²) in [6, 6.07) is 6.83. The number of aliphatic hydroxyl groups is 1. The zero-order valence-corrected chi connectivity index (χ0v) is 13.3. The summed E-state index contributed by atoms with van der Waals surface area (Å²) in [4.78, 5) is 0.242. The van der Waals surface area contributed by atoms with Crippen LogP contribution in [0.4, 0.5) is 0 Å². The summed E-state index contributed by atoms with van der Waals surface area (Å²) in [5.74, 6) is 0.125. The molecule has 1 aromatic rings. The SMILES string of the molecule is CCc1ccc(S(=O)(=O)NCC(O)C(CC)CC)cc1. The van der Waals surface area contributed by atoms with E-state index in [9.17, 15) is 13.5 Å². The van der Waals surface area contributed by atoms with Crippen molar-refractivity contribution in [2.45, 2.75) is 51.0 Å². The van der Waals surface area contributed by atoms with Crippen molar-refractivity contribution in [2.75, 3.05) is 6.54 Å². The molecule has 1 aromatic carbocycles. The molecule has 0 aliphatic heterocycles. The molecule has 0 saturated carbocycles. The first-order valence-electron chi connectivity index (χ1n) is 7.21. The Bertz CT molecular complexity index is 492. The molecule has 4 nitrogen and oxygen atoms in total. The van der Waals surface area contributed by atoms with E-state index in [1.54, 1.807) is 12.1 Å². The molecule has 0 aliphatic rings.